The van der Waals surface area contributed by atoms with Crippen LogP contribution in [0.1, 0.15) is 33.1 Å². The molecule has 13 heavy (non-hydrogen) atoms. The highest BCUT2D eigenvalue weighted by Gasteiger charge is 2.57. The van der Waals surface area contributed by atoms with Crippen molar-refractivity contribution in [2.45, 2.75) is 33.1 Å². The molecule has 0 radical (unpaired) electrons. The molecule has 0 N–H and O–H groups in total. The molecule has 72 valence electrons. The largest absolute Gasteiger partial charge is 0.392 e. The number of cyclic esters (lactones) is 2. The first-order chi connectivity index (χ1) is 6.05. The van der Waals surface area contributed by atoms with E-state index < -0.39 is 5.41 Å². The lowest BCUT2D eigenvalue weighted by Crippen LogP contribution is -2.38. The van der Waals surface area contributed by atoms with Gasteiger partial charge in [0.05, 0.1) is 11.3 Å². The molecule has 1 saturated heterocycles. The Bertz CT molecular complexity index is 271. The number of carbonyl (C=O) groups is 2. The fraction of sp³-hybridized carbons (Fsp3) is 0.800. The zero-order valence-corrected chi connectivity index (χ0v) is 8.00. The van der Waals surface area contributed by atoms with Gasteiger partial charge in [0.2, 0.25) is 0 Å². The van der Waals surface area contributed by atoms with E-state index in [1.54, 1.807) is 0 Å². The molecule has 0 aromatic heterocycles. The number of hydrogen-bond donors (Lipinski definition) is 0. The molecular formula is C10H14O3. The lowest BCUT2D eigenvalue weighted by Gasteiger charge is -2.34. The smallest absolute Gasteiger partial charge is 0.320 e. The zero-order chi connectivity index (χ0) is 9.64. The molecule has 2 fully saturated rings. The van der Waals surface area contributed by atoms with Crippen LogP contribution in [0.25, 0.3) is 0 Å². The second-order valence-corrected chi connectivity index (χ2v) is 4.47. The molecule has 3 unspecified atom stereocenters. The standard InChI is InChI=1S/C10H14O3/c1-6-4-3-5-10(2)7(6)8(11)13-9(10)12/h6-7H,3-5H2,1-2H3. The lowest BCUT2D eigenvalue weighted by atomic mass is 9.64. The Morgan fingerprint density at radius 2 is 2.15 bits per heavy atom. The fourth-order valence-electron chi connectivity index (χ4n) is 2.73. The summed E-state index contributed by atoms with van der Waals surface area (Å²) in [5, 5.41) is 0. The third kappa shape index (κ3) is 1.02. The van der Waals surface area contributed by atoms with Crippen LogP contribution in [0.4, 0.5) is 0 Å². The van der Waals surface area contributed by atoms with Crippen LogP contribution >= 0.6 is 0 Å². The van der Waals surface area contributed by atoms with Crippen molar-refractivity contribution in [2.75, 3.05) is 0 Å². The molecule has 0 spiro atoms. The maximum atomic E-state index is 11.4. The summed E-state index contributed by atoms with van der Waals surface area (Å²) in [6.07, 6.45) is 2.85. The predicted octanol–water partition coefficient (Wildman–Crippen LogP) is 1.51. The van der Waals surface area contributed by atoms with Crippen molar-refractivity contribution in [1.82, 2.24) is 0 Å². The molecule has 1 saturated carbocycles. The second kappa shape index (κ2) is 2.56. The number of esters is 2. The molecule has 0 aromatic rings. The Hall–Kier alpha value is -0.860. The Balaban J connectivity index is 2.37. The predicted molar refractivity (Wildman–Crippen MR) is 45.7 cm³/mol. The van der Waals surface area contributed by atoms with Crippen molar-refractivity contribution in [2.24, 2.45) is 17.3 Å². The van der Waals surface area contributed by atoms with Gasteiger partial charge in [0.15, 0.2) is 0 Å². The maximum absolute atomic E-state index is 11.4. The molecule has 3 nitrogen and oxygen atoms in total. The first-order valence-electron chi connectivity index (χ1n) is 4.82. The SMILES string of the molecule is CC1CCCC2(C)C(=O)OC(=O)C12. The van der Waals surface area contributed by atoms with Crippen molar-refractivity contribution >= 4 is 11.9 Å². The Morgan fingerprint density at radius 3 is 2.77 bits per heavy atom. The molecule has 1 heterocycles. The van der Waals surface area contributed by atoms with E-state index >= 15 is 0 Å². The molecule has 0 aromatic carbocycles. The molecule has 3 heteroatoms. The van der Waals surface area contributed by atoms with Gasteiger partial charge in [-0.05, 0) is 25.7 Å². The van der Waals surface area contributed by atoms with Gasteiger partial charge in [0.25, 0.3) is 0 Å². The number of carbonyl (C=O) groups excluding carboxylic acids is 2. The van der Waals surface area contributed by atoms with Crippen molar-refractivity contribution in [3.63, 3.8) is 0 Å². The summed E-state index contributed by atoms with van der Waals surface area (Å²) in [5.74, 6) is -0.514. The van der Waals surface area contributed by atoms with Crippen LogP contribution in [0.2, 0.25) is 0 Å². The number of ether oxygens (including phenoxy) is 1. The van der Waals surface area contributed by atoms with Gasteiger partial charge in [-0.25, -0.2) is 0 Å². The van der Waals surface area contributed by atoms with Gasteiger partial charge in [0, 0.05) is 0 Å². The molecule has 2 rings (SSSR count). The Morgan fingerprint density at radius 1 is 1.46 bits per heavy atom. The van der Waals surface area contributed by atoms with Gasteiger partial charge < -0.3 is 4.74 Å². The van der Waals surface area contributed by atoms with E-state index in [4.69, 9.17) is 4.74 Å². The van der Waals surface area contributed by atoms with Gasteiger partial charge in [0.1, 0.15) is 0 Å². The summed E-state index contributed by atoms with van der Waals surface area (Å²) >= 11 is 0. The quantitative estimate of drug-likeness (QED) is 0.421. The number of hydrogen-bond acceptors (Lipinski definition) is 3. The average Bonchev–Trinajstić information content (AvgIpc) is 2.24. The van der Waals surface area contributed by atoms with Crippen LogP contribution in [0.15, 0.2) is 0 Å². The fourth-order valence-corrected chi connectivity index (χ4v) is 2.73. The van der Waals surface area contributed by atoms with E-state index in [9.17, 15) is 9.59 Å². The van der Waals surface area contributed by atoms with Crippen molar-refractivity contribution in [3.8, 4) is 0 Å². The first kappa shape index (κ1) is 8.73. The summed E-state index contributed by atoms with van der Waals surface area (Å²) < 4.78 is 4.70. The normalized spacial score (nSPS) is 44.5. The van der Waals surface area contributed by atoms with Crippen molar-refractivity contribution in [1.29, 1.82) is 0 Å². The van der Waals surface area contributed by atoms with Gasteiger partial charge in [-0.2, -0.15) is 0 Å². The summed E-state index contributed by atoms with van der Waals surface area (Å²) in [7, 11) is 0. The van der Waals surface area contributed by atoms with Gasteiger partial charge in [-0.15, -0.1) is 0 Å². The summed E-state index contributed by atoms with van der Waals surface area (Å²) in [5.41, 5.74) is -0.519. The van der Waals surface area contributed by atoms with E-state index in [2.05, 4.69) is 0 Å². The van der Waals surface area contributed by atoms with E-state index in [0.717, 1.165) is 19.3 Å². The van der Waals surface area contributed by atoms with Crippen molar-refractivity contribution < 1.29 is 14.3 Å². The van der Waals surface area contributed by atoms with Crippen LogP contribution in [0, 0.1) is 17.3 Å². The minimum atomic E-state index is -0.519. The van der Waals surface area contributed by atoms with E-state index in [-0.39, 0.29) is 23.8 Å². The number of rotatable bonds is 0. The average molecular weight is 182 g/mol. The molecule has 3 atom stereocenters. The third-order valence-electron chi connectivity index (χ3n) is 3.52. The molecule has 1 aliphatic heterocycles. The Labute approximate surface area is 77.4 Å². The van der Waals surface area contributed by atoms with E-state index in [0.29, 0.717) is 0 Å². The summed E-state index contributed by atoms with van der Waals surface area (Å²) in [6.45, 7) is 3.89. The topological polar surface area (TPSA) is 43.4 Å². The van der Waals surface area contributed by atoms with Crippen LogP contribution in [0.3, 0.4) is 0 Å². The van der Waals surface area contributed by atoms with Gasteiger partial charge in [-0.1, -0.05) is 13.3 Å². The highest BCUT2D eigenvalue weighted by atomic mass is 16.6. The Kier molecular flexibility index (Phi) is 1.72. The maximum Gasteiger partial charge on any atom is 0.320 e. The second-order valence-electron chi connectivity index (χ2n) is 4.47. The molecule has 0 amide bonds. The number of fused-ring (bicyclic) bond motifs is 1. The van der Waals surface area contributed by atoms with E-state index in [1.807, 2.05) is 13.8 Å². The highest BCUT2D eigenvalue weighted by Crippen LogP contribution is 2.49. The zero-order valence-electron chi connectivity index (χ0n) is 8.00. The highest BCUT2D eigenvalue weighted by molar-refractivity contribution is 5.99. The molecule has 0 bridgehead atoms. The minimum absolute atomic E-state index is 0.186. The lowest BCUT2D eigenvalue weighted by molar-refractivity contribution is -0.155. The van der Waals surface area contributed by atoms with Gasteiger partial charge in [-0.3, -0.25) is 9.59 Å². The molecule has 1 aliphatic carbocycles. The first-order valence-corrected chi connectivity index (χ1v) is 4.82. The summed E-state index contributed by atoms with van der Waals surface area (Å²) in [4.78, 5) is 22.8. The third-order valence-corrected chi connectivity index (χ3v) is 3.52. The van der Waals surface area contributed by atoms with Crippen LogP contribution in [-0.4, -0.2) is 11.9 Å². The monoisotopic (exact) mass is 182 g/mol. The van der Waals surface area contributed by atoms with E-state index in [1.165, 1.54) is 0 Å². The van der Waals surface area contributed by atoms with Crippen LogP contribution in [-0.2, 0) is 14.3 Å². The van der Waals surface area contributed by atoms with Crippen LogP contribution in [0.5, 0.6) is 0 Å². The van der Waals surface area contributed by atoms with Crippen molar-refractivity contribution in [3.05, 3.63) is 0 Å². The van der Waals surface area contributed by atoms with Gasteiger partial charge >= 0.3 is 11.9 Å². The molecule has 2 aliphatic rings. The summed E-state index contributed by atoms with van der Waals surface area (Å²) in [6, 6.07) is 0. The molecular weight excluding hydrogens is 168 g/mol. The minimum Gasteiger partial charge on any atom is -0.392 e. The van der Waals surface area contributed by atoms with Crippen LogP contribution < -0.4 is 0 Å².